The van der Waals surface area contributed by atoms with Gasteiger partial charge in [-0.05, 0) is 30.7 Å². The van der Waals surface area contributed by atoms with Crippen LogP contribution in [0.3, 0.4) is 0 Å². The van der Waals surface area contributed by atoms with E-state index in [1.54, 1.807) is 0 Å². The van der Waals surface area contributed by atoms with E-state index in [0.29, 0.717) is 11.3 Å². The Labute approximate surface area is 69.7 Å². The molecule has 1 saturated carbocycles. The highest BCUT2D eigenvalue weighted by atomic mass is 14.6. The predicted molar refractivity (Wildman–Crippen MR) is 49.3 cm³/mol. The van der Waals surface area contributed by atoms with Gasteiger partial charge in [-0.25, -0.2) is 0 Å². The fourth-order valence-electron chi connectivity index (χ4n) is 2.17. The summed E-state index contributed by atoms with van der Waals surface area (Å²) in [6.45, 7) is 6.92. The van der Waals surface area contributed by atoms with E-state index in [1.165, 1.54) is 25.7 Å². The van der Waals surface area contributed by atoms with Crippen LogP contribution in [-0.4, -0.2) is 6.54 Å². The maximum Gasteiger partial charge on any atom is -0.00150 e. The van der Waals surface area contributed by atoms with E-state index in [2.05, 4.69) is 19.6 Å². The molecule has 0 radical (unpaired) electrons. The van der Waals surface area contributed by atoms with Crippen molar-refractivity contribution < 1.29 is 0 Å². The molecule has 1 aliphatic carbocycles. The van der Waals surface area contributed by atoms with Crippen molar-refractivity contribution in [1.29, 1.82) is 0 Å². The Morgan fingerprint density at radius 1 is 1.55 bits per heavy atom. The van der Waals surface area contributed by atoms with Crippen LogP contribution in [-0.2, 0) is 0 Å². The van der Waals surface area contributed by atoms with Crippen LogP contribution in [0.25, 0.3) is 0 Å². The fourth-order valence-corrected chi connectivity index (χ4v) is 2.17. The molecule has 64 valence electrons. The fraction of sp³-hybridized carbons (Fsp3) is 0.800. The van der Waals surface area contributed by atoms with Gasteiger partial charge in [0.05, 0.1) is 0 Å². The highest BCUT2D eigenvalue weighted by molar-refractivity contribution is 4.96. The third-order valence-corrected chi connectivity index (χ3v) is 3.33. The van der Waals surface area contributed by atoms with Gasteiger partial charge in [-0.15, -0.1) is 6.58 Å². The standard InChI is InChI=1S/C10H19N/c1-3-9(2)10(8-11)6-4-5-7-10/h3,9H,1,4-8,11H2,2H3. The van der Waals surface area contributed by atoms with Gasteiger partial charge in [0.2, 0.25) is 0 Å². The van der Waals surface area contributed by atoms with Crippen molar-refractivity contribution in [3.05, 3.63) is 12.7 Å². The summed E-state index contributed by atoms with van der Waals surface area (Å²) in [5.74, 6) is 0.593. The van der Waals surface area contributed by atoms with Crippen molar-refractivity contribution in [2.45, 2.75) is 32.6 Å². The van der Waals surface area contributed by atoms with Crippen LogP contribution in [0.1, 0.15) is 32.6 Å². The predicted octanol–water partition coefficient (Wildman–Crippen LogP) is 2.33. The summed E-state index contributed by atoms with van der Waals surface area (Å²) < 4.78 is 0. The summed E-state index contributed by atoms with van der Waals surface area (Å²) in [5.41, 5.74) is 6.20. The van der Waals surface area contributed by atoms with E-state index in [0.717, 1.165) is 6.54 Å². The molecular weight excluding hydrogens is 134 g/mol. The molecule has 0 saturated heterocycles. The summed E-state index contributed by atoms with van der Waals surface area (Å²) in [7, 11) is 0. The normalized spacial score (nSPS) is 24.9. The first kappa shape index (κ1) is 8.79. The van der Waals surface area contributed by atoms with E-state index < -0.39 is 0 Å². The first-order valence-corrected chi connectivity index (χ1v) is 4.58. The third-order valence-electron chi connectivity index (χ3n) is 3.33. The Morgan fingerprint density at radius 2 is 2.09 bits per heavy atom. The monoisotopic (exact) mass is 153 g/mol. The lowest BCUT2D eigenvalue weighted by atomic mass is 9.75. The maximum absolute atomic E-state index is 5.80. The van der Waals surface area contributed by atoms with Crippen molar-refractivity contribution in [3.63, 3.8) is 0 Å². The van der Waals surface area contributed by atoms with Crippen LogP contribution in [0, 0.1) is 11.3 Å². The summed E-state index contributed by atoms with van der Waals surface area (Å²) in [4.78, 5) is 0. The van der Waals surface area contributed by atoms with Crippen LogP contribution in [0.5, 0.6) is 0 Å². The molecule has 0 aromatic carbocycles. The second-order valence-electron chi connectivity index (χ2n) is 3.80. The van der Waals surface area contributed by atoms with Crippen LogP contribution in [0.15, 0.2) is 12.7 Å². The smallest absolute Gasteiger partial charge is 0.00150 e. The van der Waals surface area contributed by atoms with Gasteiger partial charge in [0.1, 0.15) is 0 Å². The molecule has 0 aromatic rings. The molecule has 0 aromatic heterocycles. The zero-order chi connectivity index (χ0) is 8.32. The van der Waals surface area contributed by atoms with Gasteiger partial charge in [-0.3, -0.25) is 0 Å². The van der Waals surface area contributed by atoms with E-state index in [4.69, 9.17) is 5.73 Å². The number of allylic oxidation sites excluding steroid dienone is 1. The minimum absolute atomic E-state index is 0.405. The Hall–Kier alpha value is -0.300. The van der Waals surface area contributed by atoms with Crippen molar-refractivity contribution in [2.75, 3.05) is 6.54 Å². The largest absolute Gasteiger partial charge is 0.330 e. The number of hydrogen-bond acceptors (Lipinski definition) is 1. The molecule has 0 spiro atoms. The molecule has 0 aliphatic heterocycles. The highest BCUT2D eigenvalue weighted by Crippen LogP contribution is 2.43. The van der Waals surface area contributed by atoms with Crippen molar-refractivity contribution >= 4 is 0 Å². The molecule has 0 heterocycles. The van der Waals surface area contributed by atoms with Gasteiger partial charge in [-0.2, -0.15) is 0 Å². The van der Waals surface area contributed by atoms with Crippen LogP contribution < -0.4 is 5.73 Å². The summed E-state index contributed by atoms with van der Waals surface area (Å²) in [6, 6.07) is 0. The Kier molecular flexibility index (Phi) is 2.72. The lowest BCUT2D eigenvalue weighted by Gasteiger charge is -2.32. The first-order chi connectivity index (χ1) is 5.25. The molecule has 1 fully saturated rings. The molecule has 11 heavy (non-hydrogen) atoms. The molecule has 1 heteroatoms. The molecule has 1 rings (SSSR count). The zero-order valence-corrected chi connectivity index (χ0v) is 7.47. The molecular formula is C10H19N. The van der Waals surface area contributed by atoms with Crippen molar-refractivity contribution in [3.8, 4) is 0 Å². The number of rotatable bonds is 3. The number of hydrogen-bond donors (Lipinski definition) is 1. The maximum atomic E-state index is 5.80. The summed E-state index contributed by atoms with van der Waals surface area (Å²) in [6.07, 6.45) is 7.37. The second-order valence-corrected chi connectivity index (χ2v) is 3.80. The van der Waals surface area contributed by atoms with Gasteiger partial charge >= 0.3 is 0 Å². The topological polar surface area (TPSA) is 26.0 Å². The minimum Gasteiger partial charge on any atom is -0.330 e. The van der Waals surface area contributed by atoms with Gasteiger partial charge in [0.25, 0.3) is 0 Å². The average Bonchev–Trinajstić information content (AvgIpc) is 2.52. The molecule has 0 bridgehead atoms. The van der Waals surface area contributed by atoms with Crippen LogP contribution in [0.4, 0.5) is 0 Å². The first-order valence-electron chi connectivity index (χ1n) is 4.58. The van der Waals surface area contributed by atoms with Gasteiger partial charge in [-0.1, -0.05) is 25.8 Å². The average molecular weight is 153 g/mol. The van der Waals surface area contributed by atoms with Gasteiger partial charge < -0.3 is 5.73 Å². The molecule has 0 amide bonds. The van der Waals surface area contributed by atoms with E-state index in [-0.39, 0.29) is 0 Å². The molecule has 1 aliphatic rings. The Balaban J connectivity index is 2.65. The zero-order valence-electron chi connectivity index (χ0n) is 7.47. The molecule has 1 unspecified atom stereocenters. The van der Waals surface area contributed by atoms with Gasteiger partial charge in [0, 0.05) is 0 Å². The number of nitrogens with two attached hydrogens (primary N) is 1. The summed E-state index contributed by atoms with van der Waals surface area (Å²) in [5, 5.41) is 0. The lowest BCUT2D eigenvalue weighted by Crippen LogP contribution is -2.33. The summed E-state index contributed by atoms with van der Waals surface area (Å²) >= 11 is 0. The van der Waals surface area contributed by atoms with Crippen LogP contribution >= 0.6 is 0 Å². The Morgan fingerprint density at radius 3 is 2.45 bits per heavy atom. The van der Waals surface area contributed by atoms with Crippen molar-refractivity contribution in [2.24, 2.45) is 17.1 Å². The quantitative estimate of drug-likeness (QED) is 0.619. The van der Waals surface area contributed by atoms with E-state index in [9.17, 15) is 0 Å². The Bertz CT molecular complexity index is 134. The third kappa shape index (κ3) is 1.48. The van der Waals surface area contributed by atoms with E-state index in [1.807, 2.05) is 0 Å². The minimum atomic E-state index is 0.405. The second kappa shape index (κ2) is 3.40. The SMILES string of the molecule is C=CC(C)C1(CN)CCCC1. The molecule has 1 atom stereocenters. The molecule has 2 N–H and O–H groups in total. The van der Waals surface area contributed by atoms with Crippen molar-refractivity contribution in [1.82, 2.24) is 0 Å². The lowest BCUT2D eigenvalue weighted by molar-refractivity contribution is 0.232. The van der Waals surface area contributed by atoms with Gasteiger partial charge in [0.15, 0.2) is 0 Å². The van der Waals surface area contributed by atoms with Crippen LogP contribution in [0.2, 0.25) is 0 Å². The highest BCUT2D eigenvalue weighted by Gasteiger charge is 2.35. The molecule has 1 nitrogen and oxygen atoms in total. The van der Waals surface area contributed by atoms with E-state index >= 15 is 0 Å².